The monoisotopic (exact) mass is 955 g/mol. The molecule has 19 heteroatoms. The highest BCUT2D eigenvalue weighted by atomic mass is 35.5. The number of aromatic nitrogens is 2. The molecule has 0 bridgehead atoms. The van der Waals surface area contributed by atoms with E-state index >= 15 is 0 Å². The van der Waals surface area contributed by atoms with Crippen LogP contribution in [0.2, 0.25) is 5.02 Å². The lowest BCUT2D eigenvalue weighted by Crippen LogP contribution is -2.47. The molecule has 2 aromatic heterocycles. The predicted octanol–water partition coefficient (Wildman–Crippen LogP) is 9.06. The van der Waals surface area contributed by atoms with Crippen LogP contribution in [-0.2, 0) is 20.1 Å². The number of benzene rings is 3. The number of nitrogens with zero attached hydrogens (tertiary/aromatic N) is 6. The van der Waals surface area contributed by atoms with Crippen LogP contribution in [0.15, 0.2) is 100 Å². The van der Waals surface area contributed by atoms with Crippen LogP contribution >= 0.6 is 11.6 Å². The first-order valence-corrected chi connectivity index (χ1v) is 25.9. The Morgan fingerprint density at radius 3 is 2.56 bits per heavy atom. The number of halogens is 1. The lowest BCUT2D eigenvalue weighted by molar-refractivity contribution is -0.384. The smallest absolute Gasteiger partial charge is 0.293 e. The maximum absolute atomic E-state index is 14.0. The number of fused-ring (bicyclic) bond motifs is 1. The van der Waals surface area contributed by atoms with Gasteiger partial charge in [0.15, 0.2) is 0 Å². The van der Waals surface area contributed by atoms with Crippen molar-refractivity contribution in [1.29, 1.82) is 5.26 Å². The summed E-state index contributed by atoms with van der Waals surface area (Å²) in [5, 5.41) is 25.9. The normalized spacial score (nSPS) is 19.6. The molecular weight excluding hydrogens is 902 g/mol. The standard InChI is InChI=1S/C47H54ClN9O7S2/c1-31(32-14-22-65(61,23-15-32)52-30-49)53-42-11-9-39(26-43(42)57(59)60)66(62,63)54-46(58)40-10-8-37(25-44(40)64-38-24-34-13-17-50-45(34)51-28-38)56-20-18-55(19-21-56)29-35-12-16-47(2,3)27-41(35)33-4-6-36(48)7-5-33/h4-11,13,17,24-26,28,31-32,53,65H,12,14-16,18-23,27,29H2,1-3H3,(H,50,51)(H,52,61)(H,54,58). The van der Waals surface area contributed by atoms with Gasteiger partial charge in [-0.2, -0.15) is 5.26 Å². The van der Waals surface area contributed by atoms with Crippen LogP contribution in [-0.4, -0.2) is 88.9 Å². The zero-order chi connectivity index (χ0) is 46.8. The van der Waals surface area contributed by atoms with Crippen LogP contribution in [0.3, 0.4) is 0 Å². The molecule has 1 amide bonds. The Bertz CT molecular complexity index is 2890. The Morgan fingerprint density at radius 2 is 1.85 bits per heavy atom. The number of sulfonamides is 1. The lowest BCUT2D eigenvalue weighted by atomic mass is 9.72. The highest BCUT2D eigenvalue weighted by Gasteiger charge is 2.32. The maximum atomic E-state index is 14.0. The summed E-state index contributed by atoms with van der Waals surface area (Å²) in [6.45, 7) is 10.4. The van der Waals surface area contributed by atoms with Crippen LogP contribution < -0.4 is 19.7 Å². The molecule has 2 fully saturated rings. The molecule has 5 aromatic rings. The third-order valence-electron chi connectivity index (χ3n) is 13.1. The number of nitro benzene ring substituents is 1. The number of H-pyrrole nitrogens is 1. The molecule has 2 aliphatic heterocycles. The molecule has 1 aliphatic carbocycles. The first-order valence-electron chi connectivity index (χ1n) is 22.0. The lowest BCUT2D eigenvalue weighted by Gasteiger charge is -2.39. The Labute approximate surface area is 390 Å². The Balaban J connectivity index is 0.994. The van der Waals surface area contributed by atoms with E-state index in [9.17, 15) is 27.9 Å². The van der Waals surface area contributed by atoms with Gasteiger partial charge in [-0.25, -0.2) is 18.1 Å². The second-order valence-corrected chi connectivity index (χ2v) is 23.2. The zero-order valence-corrected chi connectivity index (χ0v) is 39.5. The van der Waals surface area contributed by atoms with Gasteiger partial charge in [0.2, 0.25) is 6.19 Å². The Hall–Kier alpha value is -5.84. The largest absolute Gasteiger partial charge is 0.455 e. The number of hydrogen-bond acceptors (Lipinski definition) is 12. The number of hydrogen-bond donors (Lipinski definition) is 5. The molecule has 0 saturated carbocycles. The first kappa shape index (κ1) is 46.7. The number of carbonyl (C=O) groups is 1. The van der Waals surface area contributed by atoms with Crippen molar-refractivity contribution in [2.24, 2.45) is 15.7 Å². The third-order valence-corrected chi connectivity index (χ3v) is 17.1. The van der Waals surface area contributed by atoms with E-state index < -0.39 is 41.5 Å². The van der Waals surface area contributed by atoms with Gasteiger partial charge in [-0.3, -0.25) is 19.8 Å². The van der Waals surface area contributed by atoms with Gasteiger partial charge >= 0.3 is 0 Å². The molecule has 4 N–H and O–H groups in total. The quantitative estimate of drug-likeness (QED) is 0.0323. The predicted molar refractivity (Wildman–Crippen MR) is 260 cm³/mol. The Morgan fingerprint density at radius 1 is 1.11 bits per heavy atom. The number of piperazine rings is 1. The number of ether oxygens (including phenoxy) is 1. The fraction of sp³-hybridized carbons (Fsp3) is 0.383. The van der Waals surface area contributed by atoms with Crippen molar-refractivity contribution < 1.29 is 27.4 Å². The summed E-state index contributed by atoms with van der Waals surface area (Å²) in [5.41, 5.74) is 5.27. The fourth-order valence-electron chi connectivity index (χ4n) is 9.22. The van der Waals surface area contributed by atoms with E-state index in [2.05, 4.69) is 60.1 Å². The molecular formula is C47H54ClN9O7S2. The van der Waals surface area contributed by atoms with Crippen molar-refractivity contribution >= 4 is 71.3 Å². The van der Waals surface area contributed by atoms with Crippen LogP contribution in [0.5, 0.6) is 11.5 Å². The molecule has 1 unspecified atom stereocenters. The molecule has 8 rings (SSSR count). The van der Waals surface area contributed by atoms with Crippen molar-refractivity contribution in [3.8, 4) is 17.7 Å². The summed E-state index contributed by atoms with van der Waals surface area (Å²) >= 11 is 6.24. The van der Waals surface area contributed by atoms with Crippen molar-refractivity contribution in [3.63, 3.8) is 0 Å². The first-order chi connectivity index (χ1) is 31.5. The van der Waals surface area contributed by atoms with Gasteiger partial charge in [0.05, 0.1) is 21.6 Å². The summed E-state index contributed by atoms with van der Waals surface area (Å²) in [6.07, 6.45) is 9.27. The molecule has 3 aromatic carbocycles. The highest BCUT2D eigenvalue weighted by molar-refractivity contribution is 8.00. The Kier molecular flexibility index (Phi) is 13.6. The van der Waals surface area contributed by atoms with Crippen molar-refractivity contribution in [3.05, 3.63) is 117 Å². The van der Waals surface area contributed by atoms with Crippen LogP contribution in [0, 0.1) is 32.9 Å². The number of anilines is 2. The van der Waals surface area contributed by atoms with Crippen LogP contribution in [0.1, 0.15) is 68.8 Å². The zero-order valence-electron chi connectivity index (χ0n) is 37.0. The van der Waals surface area contributed by atoms with E-state index in [1.54, 1.807) is 30.6 Å². The summed E-state index contributed by atoms with van der Waals surface area (Å²) < 4.78 is 50.4. The fourth-order valence-corrected chi connectivity index (χ4v) is 12.4. The molecule has 1 atom stereocenters. The number of aromatic amines is 1. The second kappa shape index (κ2) is 19.2. The molecule has 0 radical (unpaired) electrons. The summed E-state index contributed by atoms with van der Waals surface area (Å²) in [7, 11) is -7.29. The van der Waals surface area contributed by atoms with Gasteiger partial charge < -0.3 is 24.5 Å². The van der Waals surface area contributed by atoms with Gasteiger partial charge in [-0.05, 0) is 110 Å². The SMILES string of the molecule is CC(Nc1ccc(S(=O)(=O)NC(=O)c2ccc(N3CCN(CC4=C(c5ccc(Cl)cc5)CC(C)(C)CC4)CC3)cc2Oc2cnc3[nH]ccc3c2)cc1[N+](=O)[O-])C1CC[SH](O)(=NC#N)CC1. The second-order valence-electron chi connectivity index (χ2n) is 18.2. The number of amides is 1. The molecule has 3 aliphatic rings. The topological polar surface area (TPSA) is 219 Å². The number of allylic oxidation sites excluding steroid dienone is 1. The van der Waals surface area contributed by atoms with Gasteiger partial charge in [-0.1, -0.05) is 53.3 Å². The van der Waals surface area contributed by atoms with Gasteiger partial charge in [0.25, 0.3) is 21.6 Å². The number of carbonyl (C=O) groups excluding carboxylic acids is 1. The summed E-state index contributed by atoms with van der Waals surface area (Å²) in [4.78, 5) is 37.3. The third kappa shape index (κ3) is 10.7. The number of pyridine rings is 1. The van der Waals surface area contributed by atoms with E-state index in [1.807, 2.05) is 25.1 Å². The van der Waals surface area contributed by atoms with Crippen LogP contribution in [0.4, 0.5) is 17.1 Å². The molecule has 16 nitrogen and oxygen atoms in total. The van der Waals surface area contributed by atoms with Crippen molar-refractivity contribution in [2.45, 2.75) is 63.8 Å². The number of thiol groups is 1. The number of nitro groups is 1. The average Bonchev–Trinajstić information content (AvgIpc) is 3.76. The van der Waals surface area contributed by atoms with E-state index in [1.165, 1.54) is 41.1 Å². The average molecular weight is 957 g/mol. The number of nitriles is 1. The molecule has 66 heavy (non-hydrogen) atoms. The van der Waals surface area contributed by atoms with E-state index in [0.717, 1.165) is 61.1 Å². The maximum Gasteiger partial charge on any atom is 0.293 e. The minimum Gasteiger partial charge on any atom is -0.455 e. The van der Waals surface area contributed by atoms with E-state index in [-0.39, 0.29) is 34.4 Å². The summed E-state index contributed by atoms with van der Waals surface area (Å²) in [5.74, 6) is 0.240. The van der Waals surface area contributed by atoms with Crippen LogP contribution in [0.25, 0.3) is 16.6 Å². The van der Waals surface area contributed by atoms with Crippen molar-refractivity contribution in [1.82, 2.24) is 19.6 Å². The molecule has 348 valence electrons. The number of rotatable bonds is 13. The van der Waals surface area contributed by atoms with E-state index in [4.69, 9.17) is 21.6 Å². The number of nitrogens with one attached hydrogen (secondary N) is 3. The van der Waals surface area contributed by atoms with Crippen molar-refractivity contribution in [2.75, 3.05) is 54.4 Å². The van der Waals surface area contributed by atoms with Gasteiger partial charge in [0.1, 0.15) is 22.8 Å². The van der Waals surface area contributed by atoms with E-state index in [0.29, 0.717) is 48.8 Å². The highest BCUT2D eigenvalue weighted by Crippen LogP contribution is 2.44. The molecule has 0 spiro atoms. The summed E-state index contributed by atoms with van der Waals surface area (Å²) in [6, 6.07) is 19.9. The minimum absolute atomic E-state index is 0.0292. The van der Waals surface area contributed by atoms with Gasteiger partial charge in [-0.15, -0.1) is 4.36 Å². The molecule has 4 heterocycles. The minimum atomic E-state index is -4.63. The molecule has 2 saturated heterocycles. The van der Waals surface area contributed by atoms with Gasteiger partial charge in [0, 0.05) is 84.7 Å².